The smallest absolute Gasteiger partial charge is 0.223 e. The Labute approximate surface area is 110 Å². The van der Waals surface area contributed by atoms with Crippen molar-refractivity contribution in [2.24, 2.45) is 11.8 Å². The van der Waals surface area contributed by atoms with Crippen LogP contribution in [0, 0.1) is 11.8 Å². The number of carbonyl (C=O) groups excluding carboxylic acids is 2. The van der Waals surface area contributed by atoms with E-state index in [1.54, 1.807) is 0 Å². The summed E-state index contributed by atoms with van der Waals surface area (Å²) in [5, 5.41) is 2.94. The van der Waals surface area contributed by atoms with Crippen molar-refractivity contribution < 1.29 is 9.59 Å². The minimum atomic E-state index is 0.0969. The van der Waals surface area contributed by atoms with E-state index in [9.17, 15) is 9.59 Å². The van der Waals surface area contributed by atoms with Gasteiger partial charge in [0.25, 0.3) is 0 Å². The molecule has 0 aromatic heterocycles. The molecule has 0 aromatic carbocycles. The molecule has 2 amide bonds. The number of nitrogens with zero attached hydrogens (tertiary/aromatic N) is 1. The molecule has 0 atom stereocenters. The van der Waals surface area contributed by atoms with Crippen LogP contribution in [0.1, 0.15) is 46.5 Å². The first-order chi connectivity index (χ1) is 8.54. The van der Waals surface area contributed by atoms with Crippen LogP contribution < -0.4 is 5.32 Å². The summed E-state index contributed by atoms with van der Waals surface area (Å²) < 4.78 is 0. The highest BCUT2D eigenvalue weighted by Gasteiger charge is 2.26. The maximum absolute atomic E-state index is 11.9. The molecule has 18 heavy (non-hydrogen) atoms. The molecular weight excluding hydrogens is 228 g/mol. The molecule has 0 aromatic rings. The number of hydrogen-bond donors (Lipinski definition) is 1. The fourth-order valence-corrected chi connectivity index (χ4v) is 2.26. The quantitative estimate of drug-likeness (QED) is 0.813. The first-order valence-corrected chi connectivity index (χ1v) is 7.10. The van der Waals surface area contributed by atoms with Gasteiger partial charge in [-0.3, -0.25) is 9.59 Å². The summed E-state index contributed by atoms with van der Waals surface area (Å²) in [5.74, 6) is 0.896. The molecular formula is C14H26N2O2. The van der Waals surface area contributed by atoms with Crippen molar-refractivity contribution in [3.8, 4) is 0 Å². The molecule has 4 heteroatoms. The topological polar surface area (TPSA) is 49.4 Å². The van der Waals surface area contributed by atoms with Crippen molar-refractivity contribution in [1.29, 1.82) is 0 Å². The Kier molecular flexibility index (Phi) is 6.16. The van der Waals surface area contributed by atoms with Crippen molar-refractivity contribution in [3.05, 3.63) is 0 Å². The number of rotatable bonds is 5. The van der Waals surface area contributed by atoms with Crippen molar-refractivity contribution in [2.45, 2.75) is 46.5 Å². The van der Waals surface area contributed by atoms with E-state index in [4.69, 9.17) is 0 Å². The monoisotopic (exact) mass is 254 g/mol. The zero-order valence-corrected chi connectivity index (χ0v) is 11.9. The summed E-state index contributed by atoms with van der Waals surface area (Å²) in [7, 11) is 0. The Bertz CT molecular complexity index is 282. The summed E-state index contributed by atoms with van der Waals surface area (Å²) in [6, 6.07) is 0. The van der Waals surface area contributed by atoms with Crippen LogP contribution in [-0.2, 0) is 9.59 Å². The van der Waals surface area contributed by atoms with Crippen LogP contribution in [0.5, 0.6) is 0 Å². The van der Waals surface area contributed by atoms with Gasteiger partial charge in [-0.05, 0) is 25.2 Å². The highest BCUT2D eigenvalue weighted by Crippen LogP contribution is 2.18. The van der Waals surface area contributed by atoms with Crippen LogP contribution in [0.3, 0.4) is 0 Å². The van der Waals surface area contributed by atoms with Gasteiger partial charge in [0, 0.05) is 32.0 Å². The van der Waals surface area contributed by atoms with Crippen LogP contribution in [-0.4, -0.2) is 36.3 Å². The fourth-order valence-electron chi connectivity index (χ4n) is 2.26. The van der Waals surface area contributed by atoms with Crippen molar-refractivity contribution in [2.75, 3.05) is 19.6 Å². The predicted octanol–water partition coefficient (Wildman–Crippen LogP) is 1.80. The highest BCUT2D eigenvalue weighted by molar-refractivity contribution is 5.80. The minimum absolute atomic E-state index is 0.0969. The van der Waals surface area contributed by atoms with E-state index < -0.39 is 0 Å². The van der Waals surface area contributed by atoms with Gasteiger partial charge in [-0.15, -0.1) is 0 Å². The second-order valence-electron chi connectivity index (χ2n) is 5.54. The molecule has 1 N–H and O–H groups in total. The van der Waals surface area contributed by atoms with Gasteiger partial charge in [0.15, 0.2) is 0 Å². The Morgan fingerprint density at radius 1 is 1.28 bits per heavy atom. The van der Waals surface area contributed by atoms with Gasteiger partial charge in [0.1, 0.15) is 0 Å². The Balaban J connectivity index is 2.32. The van der Waals surface area contributed by atoms with Crippen LogP contribution in [0.15, 0.2) is 0 Å². The molecule has 0 bridgehead atoms. The average molecular weight is 254 g/mol. The third-order valence-electron chi connectivity index (χ3n) is 3.35. The molecule has 0 aliphatic carbocycles. The third kappa shape index (κ3) is 4.67. The molecule has 0 saturated carbocycles. The lowest BCUT2D eigenvalue weighted by molar-refractivity contribution is -0.136. The highest BCUT2D eigenvalue weighted by atomic mass is 16.2. The molecule has 1 heterocycles. The van der Waals surface area contributed by atoms with Crippen LogP contribution >= 0.6 is 0 Å². The van der Waals surface area contributed by atoms with Gasteiger partial charge >= 0.3 is 0 Å². The Hall–Kier alpha value is -1.06. The standard InChI is InChI=1S/C14H26N2O2/c1-4-7-15-14(18)12-5-8-16(9-6-12)13(17)10-11(2)3/h11-12H,4-10H2,1-3H3,(H,15,18). The number of piperidine rings is 1. The first-order valence-electron chi connectivity index (χ1n) is 7.10. The molecule has 0 radical (unpaired) electrons. The second kappa shape index (κ2) is 7.39. The van der Waals surface area contributed by atoms with Gasteiger partial charge in [-0.25, -0.2) is 0 Å². The summed E-state index contributed by atoms with van der Waals surface area (Å²) in [6.45, 7) is 8.38. The third-order valence-corrected chi connectivity index (χ3v) is 3.35. The lowest BCUT2D eigenvalue weighted by Gasteiger charge is -2.31. The SMILES string of the molecule is CCCNC(=O)C1CCN(C(=O)CC(C)C)CC1. The summed E-state index contributed by atoms with van der Waals surface area (Å²) in [6.07, 6.45) is 3.20. The molecule has 1 aliphatic rings. The largest absolute Gasteiger partial charge is 0.356 e. The van der Waals surface area contributed by atoms with Crippen LogP contribution in [0.4, 0.5) is 0 Å². The molecule has 1 aliphatic heterocycles. The number of carbonyl (C=O) groups is 2. The van der Waals surface area contributed by atoms with E-state index >= 15 is 0 Å². The lowest BCUT2D eigenvalue weighted by atomic mass is 9.95. The van der Waals surface area contributed by atoms with Crippen molar-refractivity contribution >= 4 is 11.8 Å². The Morgan fingerprint density at radius 2 is 1.89 bits per heavy atom. The maximum Gasteiger partial charge on any atom is 0.223 e. The fraction of sp³-hybridized carbons (Fsp3) is 0.857. The molecule has 4 nitrogen and oxygen atoms in total. The van der Waals surface area contributed by atoms with E-state index in [0.29, 0.717) is 12.3 Å². The van der Waals surface area contributed by atoms with Gasteiger partial charge in [0.05, 0.1) is 0 Å². The van der Waals surface area contributed by atoms with Crippen LogP contribution in [0.25, 0.3) is 0 Å². The first kappa shape index (κ1) is 15.0. The second-order valence-corrected chi connectivity index (χ2v) is 5.54. The molecule has 0 spiro atoms. The molecule has 1 fully saturated rings. The summed E-state index contributed by atoms with van der Waals surface area (Å²) >= 11 is 0. The van der Waals surface area contributed by atoms with E-state index in [1.165, 1.54) is 0 Å². The maximum atomic E-state index is 11.9. The number of hydrogen-bond acceptors (Lipinski definition) is 2. The summed E-state index contributed by atoms with van der Waals surface area (Å²) in [4.78, 5) is 25.6. The van der Waals surface area contributed by atoms with Gasteiger partial charge in [0.2, 0.25) is 11.8 Å². The average Bonchev–Trinajstić information content (AvgIpc) is 2.35. The van der Waals surface area contributed by atoms with Crippen molar-refractivity contribution in [3.63, 3.8) is 0 Å². The number of amides is 2. The number of likely N-dealkylation sites (tertiary alicyclic amines) is 1. The predicted molar refractivity (Wildman–Crippen MR) is 72.1 cm³/mol. The van der Waals surface area contributed by atoms with Gasteiger partial charge < -0.3 is 10.2 Å². The zero-order valence-electron chi connectivity index (χ0n) is 11.9. The summed E-state index contributed by atoms with van der Waals surface area (Å²) in [5.41, 5.74) is 0. The zero-order chi connectivity index (χ0) is 13.5. The molecule has 1 saturated heterocycles. The molecule has 0 unspecified atom stereocenters. The van der Waals surface area contributed by atoms with E-state index in [2.05, 4.69) is 19.2 Å². The normalized spacial score (nSPS) is 17.0. The van der Waals surface area contributed by atoms with E-state index in [-0.39, 0.29) is 17.7 Å². The lowest BCUT2D eigenvalue weighted by Crippen LogP contribution is -2.43. The Morgan fingerprint density at radius 3 is 2.39 bits per heavy atom. The minimum Gasteiger partial charge on any atom is -0.356 e. The van der Waals surface area contributed by atoms with Crippen LogP contribution in [0.2, 0.25) is 0 Å². The van der Waals surface area contributed by atoms with E-state index in [1.807, 2.05) is 11.8 Å². The molecule has 1 rings (SSSR count). The number of nitrogens with one attached hydrogen (secondary N) is 1. The van der Waals surface area contributed by atoms with Crippen molar-refractivity contribution in [1.82, 2.24) is 10.2 Å². The van der Waals surface area contributed by atoms with Gasteiger partial charge in [-0.2, -0.15) is 0 Å². The van der Waals surface area contributed by atoms with Gasteiger partial charge in [-0.1, -0.05) is 20.8 Å². The molecule has 104 valence electrons. The van der Waals surface area contributed by atoms with E-state index in [0.717, 1.165) is 38.9 Å².